The monoisotopic (exact) mass is 266 g/mol. The Morgan fingerprint density at radius 1 is 1.42 bits per heavy atom. The van der Waals surface area contributed by atoms with Crippen LogP contribution in [-0.4, -0.2) is 29.9 Å². The largest absolute Gasteiger partial charge is 0.494 e. The Morgan fingerprint density at radius 2 is 2.16 bits per heavy atom. The van der Waals surface area contributed by atoms with Gasteiger partial charge in [0.1, 0.15) is 5.75 Å². The highest BCUT2D eigenvalue weighted by molar-refractivity contribution is 5.89. The van der Waals surface area contributed by atoms with E-state index in [1.165, 1.54) is 0 Å². The summed E-state index contributed by atoms with van der Waals surface area (Å²) in [7, 11) is 0. The van der Waals surface area contributed by atoms with Gasteiger partial charge in [0.15, 0.2) is 0 Å². The molecule has 5 nitrogen and oxygen atoms in total. The maximum absolute atomic E-state index is 11.7. The van der Waals surface area contributed by atoms with Crippen molar-refractivity contribution in [2.75, 3.05) is 18.5 Å². The number of benzene rings is 1. The molecule has 0 bridgehead atoms. The second-order valence-corrected chi connectivity index (χ2v) is 5.00. The molecule has 0 saturated carbocycles. The van der Waals surface area contributed by atoms with E-state index in [0.29, 0.717) is 12.3 Å². The number of aliphatic hydroxyl groups excluding tert-OH is 1. The molecule has 0 spiro atoms. The summed E-state index contributed by atoms with van der Waals surface area (Å²) < 4.78 is 5.49. The van der Waals surface area contributed by atoms with E-state index in [-0.39, 0.29) is 12.6 Å². The number of rotatable bonds is 6. The maximum Gasteiger partial charge on any atom is 0.319 e. The summed E-state index contributed by atoms with van der Waals surface area (Å²) in [6, 6.07) is 6.85. The molecule has 0 saturated heterocycles. The Hall–Kier alpha value is -1.75. The lowest BCUT2D eigenvalue weighted by Gasteiger charge is -2.23. The van der Waals surface area contributed by atoms with E-state index in [9.17, 15) is 4.79 Å². The molecule has 1 aromatic carbocycles. The van der Waals surface area contributed by atoms with Gasteiger partial charge in [0.25, 0.3) is 0 Å². The lowest BCUT2D eigenvalue weighted by atomic mass is 10.1. The van der Waals surface area contributed by atoms with Crippen molar-refractivity contribution in [3.8, 4) is 5.75 Å². The third-order valence-corrected chi connectivity index (χ3v) is 2.41. The van der Waals surface area contributed by atoms with Crippen LogP contribution in [0.15, 0.2) is 24.3 Å². The number of aliphatic hydroxyl groups is 1. The van der Waals surface area contributed by atoms with Gasteiger partial charge < -0.3 is 20.5 Å². The van der Waals surface area contributed by atoms with Crippen molar-refractivity contribution in [3.63, 3.8) is 0 Å². The molecular weight excluding hydrogens is 244 g/mol. The van der Waals surface area contributed by atoms with Crippen LogP contribution in [0.3, 0.4) is 0 Å². The number of carbonyl (C=O) groups excluding carboxylic acids is 1. The highest BCUT2D eigenvalue weighted by Crippen LogP contribution is 2.17. The van der Waals surface area contributed by atoms with Gasteiger partial charge >= 0.3 is 6.03 Å². The number of urea groups is 1. The van der Waals surface area contributed by atoms with E-state index in [2.05, 4.69) is 10.6 Å². The van der Waals surface area contributed by atoms with Gasteiger partial charge in [0, 0.05) is 11.8 Å². The van der Waals surface area contributed by atoms with Gasteiger partial charge in [-0.2, -0.15) is 0 Å². The van der Waals surface area contributed by atoms with Gasteiger partial charge in [-0.25, -0.2) is 4.79 Å². The topological polar surface area (TPSA) is 70.6 Å². The average molecular weight is 266 g/mol. The third kappa shape index (κ3) is 5.61. The van der Waals surface area contributed by atoms with Crippen LogP contribution < -0.4 is 15.4 Å². The van der Waals surface area contributed by atoms with Crippen LogP contribution in [0, 0.1) is 0 Å². The van der Waals surface area contributed by atoms with Crippen molar-refractivity contribution < 1.29 is 14.6 Å². The van der Waals surface area contributed by atoms with Crippen LogP contribution in [0.1, 0.15) is 27.2 Å². The van der Waals surface area contributed by atoms with Crippen LogP contribution in [0.4, 0.5) is 10.5 Å². The number of amides is 2. The smallest absolute Gasteiger partial charge is 0.319 e. The van der Waals surface area contributed by atoms with Crippen LogP contribution >= 0.6 is 0 Å². The van der Waals surface area contributed by atoms with E-state index in [4.69, 9.17) is 9.84 Å². The summed E-state index contributed by atoms with van der Waals surface area (Å²) in [4.78, 5) is 11.7. The van der Waals surface area contributed by atoms with Gasteiger partial charge in [-0.05, 0) is 32.4 Å². The van der Waals surface area contributed by atoms with Crippen LogP contribution in [0.2, 0.25) is 0 Å². The minimum absolute atomic E-state index is 0.125. The van der Waals surface area contributed by atoms with Crippen LogP contribution in [0.25, 0.3) is 0 Å². The van der Waals surface area contributed by atoms with Crippen molar-refractivity contribution in [1.82, 2.24) is 5.32 Å². The molecule has 106 valence electrons. The molecule has 0 unspecified atom stereocenters. The van der Waals surface area contributed by atoms with Crippen molar-refractivity contribution in [1.29, 1.82) is 0 Å². The lowest BCUT2D eigenvalue weighted by molar-refractivity contribution is 0.187. The van der Waals surface area contributed by atoms with Gasteiger partial charge in [-0.3, -0.25) is 0 Å². The first-order valence-corrected chi connectivity index (χ1v) is 6.40. The normalized spacial score (nSPS) is 10.9. The van der Waals surface area contributed by atoms with Crippen molar-refractivity contribution in [3.05, 3.63) is 24.3 Å². The maximum atomic E-state index is 11.7. The van der Waals surface area contributed by atoms with Crippen molar-refractivity contribution in [2.24, 2.45) is 0 Å². The molecule has 19 heavy (non-hydrogen) atoms. The number of anilines is 1. The number of hydrogen-bond acceptors (Lipinski definition) is 3. The minimum Gasteiger partial charge on any atom is -0.494 e. The average Bonchev–Trinajstić information content (AvgIpc) is 2.36. The molecule has 0 aliphatic rings. The van der Waals surface area contributed by atoms with E-state index in [1.54, 1.807) is 26.0 Å². The number of ether oxygens (including phenoxy) is 1. The summed E-state index contributed by atoms with van der Waals surface area (Å²) in [6.45, 7) is 6.04. The SMILES string of the molecule is CCCOc1cccc(NC(=O)NC(C)(C)CO)c1. The fourth-order valence-electron chi connectivity index (χ4n) is 1.39. The molecule has 0 aromatic heterocycles. The van der Waals surface area contributed by atoms with Crippen molar-refractivity contribution in [2.45, 2.75) is 32.7 Å². The predicted octanol–water partition coefficient (Wildman–Crippen LogP) is 2.37. The standard InChI is InChI=1S/C14H22N2O3/c1-4-8-19-12-7-5-6-11(9-12)15-13(18)16-14(2,3)10-17/h5-7,9,17H,4,8,10H2,1-3H3,(H2,15,16,18). The quantitative estimate of drug-likeness (QED) is 0.740. The molecule has 0 aliphatic heterocycles. The molecule has 2 amide bonds. The van der Waals surface area contributed by atoms with Gasteiger partial charge in [-0.1, -0.05) is 13.0 Å². The predicted molar refractivity (Wildman–Crippen MR) is 75.5 cm³/mol. The Morgan fingerprint density at radius 3 is 2.79 bits per heavy atom. The first-order valence-electron chi connectivity index (χ1n) is 6.40. The Labute approximate surface area is 114 Å². The third-order valence-electron chi connectivity index (χ3n) is 2.41. The Kier molecular flexibility index (Phi) is 5.63. The fraction of sp³-hybridized carbons (Fsp3) is 0.500. The minimum atomic E-state index is -0.652. The van der Waals surface area contributed by atoms with Crippen LogP contribution in [-0.2, 0) is 0 Å². The van der Waals surface area contributed by atoms with E-state index in [1.807, 2.05) is 19.1 Å². The Balaban J connectivity index is 2.59. The van der Waals surface area contributed by atoms with Gasteiger partial charge in [0.05, 0.1) is 18.8 Å². The summed E-state index contributed by atoms with van der Waals surface area (Å²) in [5.74, 6) is 0.723. The van der Waals surface area contributed by atoms with Gasteiger partial charge in [-0.15, -0.1) is 0 Å². The molecule has 0 aliphatic carbocycles. The number of carbonyl (C=O) groups is 1. The highest BCUT2D eigenvalue weighted by Gasteiger charge is 2.18. The zero-order chi connectivity index (χ0) is 14.3. The van der Waals surface area contributed by atoms with E-state index in [0.717, 1.165) is 12.2 Å². The zero-order valence-corrected chi connectivity index (χ0v) is 11.7. The molecule has 0 fully saturated rings. The molecule has 5 heteroatoms. The number of nitrogens with one attached hydrogen (secondary N) is 2. The molecule has 1 aromatic rings. The molecule has 0 atom stereocenters. The van der Waals surface area contributed by atoms with E-state index >= 15 is 0 Å². The first kappa shape index (κ1) is 15.3. The molecular formula is C14H22N2O3. The molecule has 0 heterocycles. The summed E-state index contributed by atoms with van der Waals surface area (Å²) in [5.41, 5.74) is 0.000256. The van der Waals surface area contributed by atoms with Crippen molar-refractivity contribution >= 4 is 11.7 Å². The van der Waals surface area contributed by atoms with Gasteiger partial charge in [0.2, 0.25) is 0 Å². The second-order valence-electron chi connectivity index (χ2n) is 5.00. The molecule has 0 radical (unpaired) electrons. The fourth-order valence-corrected chi connectivity index (χ4v) is 1.39. The summed E-state index contributed by atoms with van der Waals surface area (Å²) in [5, 5.41) is 14.5. The van der Waals surface area contributed by atoms with Crippen LogP contribution in [0.5, 0.6) is 5.75 Å². The summed E-state index contributed by atoms with van der Waals surface area (Å²) >= 11 is 0. The second kappa shape index (κ2) is 6.99. The Bertz CT molecular complexity index is 419. The highest BCUT2D eigenvalue weighted by atomic mass is 16.5. The van der Waals surface area contributed by atoms with E-state index < -0.39 is 5.54 Å². The molecule has 1 rings (SSSR count). The molecule has 3 N–H and O–H groups in total. The zero-order valence-electron chi connectivity index (χ0n) is 11.7. The first-order chi connectivity index (χ1) is 8.96. The lowest BCUT2D eigenvalue weighted by Crippen LogP contribution is -2.48. The summed E-state index contributed by atoms with van der Waals surface area (Å²) in [6.07, 6.45) is 0.933. The number of hydrogen-bond donors (Lipinski definition) is 3.